The third-order valence-electron chi connectivity index (χ3n) is 5.01. The van der Waals surface area contributed by atoms with Crippen molar-refractivity contribution in [1.82, 2.24) is 14.7 Å². The second-order valence-electron chi connectivity index (χ2n) is 6.55. The van der Waals surface area contributed by atoms with Crippen molar-refractivity contribution in [2.75, 3.05) is 7.05 Å². The summed E-state index contributed by atoms with van der Waals surface area (Å²) in [5.41, 5.74) is 3.22. The first-order chi connectivity index (χ1) is 11.9. The van der Waals surface area contributed by atoms with E-state index in [9.17, 15) is 14.9 Å². The number of hydrogen-bond donors (Lipinski definition) is 0. The number of hydrogen-bond acceptors (Lipinski definition) is 4. The fraction of sp³-hybridized carbons (Fsp3) is 0.444. The normalized spacial score (nSPS) is 16.4. The van der Waals surface area contributed by atoms with E-state index in [0.29, 0.717) is 11.4 Å². The number of fused-ring (bicyclic) bond motifs is 1. The van der Waals surface area contributed by atoms with E-state index in [0.717, 1.165) is 19.3 Å². The van der Waals surface area contributed by atoms with Gasteiger partial charge in [-0.2, -0.15) is 5.10 Å². The molecule has 0 spiro atoms. The quantitative estimate of drug-likeness (QED) is 0.632. The van der Waals surface area contributed by atoms with Crippen molar-refractivity contribution in [3.05, 3.63) is 56.9 Å². The molecule has 25 heavy (non-hydrogen) atoms. The second kappa shape index (κ2) is 6.66. The van der Waals surface area contributed by atoms with Gasteiger partial charge >= 0.3 is 5.69 Å². The largest absolute Gasteiger partial charge is 0.337 e. The van der Waals surface area contributed by atoms with Gasteiger partial charge in [0.2, 0.25) is 5.91 Å². The van der Waals surface area contributed by atoms with E-state index in [-0.39, 0.29) is 24.2 Å². The monoisotopic (exact) mass is 342 g/mol. The first-order valence-corrected chi connectivity index (χ1v) is 8.42. The number of aromatic nitrogens is 2. The molecule has 0 aliphatic heterocycles. The molecule has 1 atom stereocenters. The molecule has 7 heteroatoms. The van der Waals surface area contributed by atoms with Crippen LogP contribution in [-0.2, 0) is 17.8 Å². The van der Waals surface area contributed by atoms with Crippen LogP contribution in [0.5, 0.6) is 0 Å². The van der Waals surface area contributed by atoms with Crippen LogP contribution >= 0.6 is 0 Å². The van der Waals surface area contributed by atoms with Gasteiger partial charge in [-0.15, -0.1) is 0 Å². The molecular weight excluding hydrogens is 320 g/mol. The number of amides is 1. The Morgan fingerprint density at radius 3 is 2.80 bits per heavy atom. The first-order valence-electron chi connectivity index (χ1n) is 8.42. The maximum atomic E-state index is 12.8. The van der Waals surface area contributed by atoms with Crippen molar-refractivity contribution in [3.63, 3.8) is 0 Å². The average molecular weight is 342 g/mol. The summed E-state index contributed by atoms with van der Waals surface area (Å²) in [6.07, 6.45) is 3.01. The summed E-state index contributed by atoms with van der Waals surface area (Å²) in [5.74, 6) is -0.0952. The number of benzene rings is 1. The number of likely N-dealkylation sites (N-methyl/N-ethyl adjacent to an activating group) is 1. The summed E-state index contributed by atoms with van der Waals surface area (Å²) >= 11 is 0. The first kappa shape index (κ1) is 17.1. The van der Waals surface area contributed by atoms with Crippen LogP contribution in [0.3, 0.4) is 0 Å². The average Bonchev–Trinajstić information content (AvgIpc) is 2.87. The number of nitro groups is 1. The number of carbonyl (C=O) groups is 1. The maximum absolute atomic E-state index is 12.8. The van der Waals surface area contributed by atoms with Gasteiger partial charge in [0.1, 0.15) is 17.9 Å². The molecule has 1 amide bonds. The van der Waals surface area contributed by atoms with Crippen LogP contribution in [-0.4, -0.2) is 32.6 Å². The van der Waals surface area contributed by atoms with Crippen molar-refractivity contribution >= 4 is 11.6 Å². The zero-order chi connectivity index (χ0) is 18.1. The van der Waals surface area contributed by atoms with Crippen molar-refractivity contribution in [1.29, 1.82) is 0 Å². The summed E-state index contributed by atoms with van der Waals surface area (Å²) in [6.45, 7) is 3.23. The highest BCUT2D eigenvalue weighted by molar-refractivity contribution is 5.76. The Morgan fingerprint density at radius 1 is 1.40 bits per heavy atom. The number of carbonyl (C=O) groups excluding carboxylic acids is 1. The fourth-order valence-corrected chi connectivity index (χ4v) is 3.65. The van der Waals surface area contributed by atoms with Gasteiger partial charge in [0.15, 0.2) is 0 Å². The van der Waals surface area contributed by atoms with Crippen LogP contribution in [0.2, 0.25) is 0 Å². The number of rotatable bonds is 4. The van der Waals surface area contributed by atoms with E-state index in [1.807, 2.05) is 12.1 Å². The molecule has 0 saturated carbocycles. The molecule has 0 bridgehead atoms. The van der Waals surface area contributed by atoms with Gasteiger partial charge in [-0.25, -0.2) is 0 Å². The molecule has 1 aliphatic rings. The Morgan fingerprint density at radius 2 is 2.12 bits per heavy atom. The highest BCUT2D eigenvalue weighted by atomic mass is 16.6. The zero-order valence-electron chi connectivity index (χ0n) is 14.7. The van der Waals surface area contributed by atoms with E-state index < -0.39 is 4.92 Å². The molecule has 0 saturated heterocycles. The molecule has 1 aromatic carbocycles. The van der Waals surface area contributed by atoms with Crippen LogP contribution in [0.1, 0.15) is 41.4 Å². The van der Waals surface area contributed by atoms with Crippen molar-refractivity contribution in [2.45, 2.75) is 45.7 Å². The summed E-state index contributed by atoms with van der Waals surface area (Å²) in [4.78, 5) is 25.2. The Labute approximate surface area is 146 Å². The van der Waals surface area contributed by atoms with Gasteiger partial charge in [0, 0.05) is 7.05 Å². The van der Waals surface area contributed by atoms with Crippen LogP contribution < -0.4 is 0 Å². The molecule has 7 nitrogen and oxygen atoms in total. The Hall–Kier alpha value is -2.70. The van der Waals surface area contributed by atoms with Gasteiger partial charge in [0.05, 0.1) is 11.0 Å². The van der Waals surface area contributed by atoms with Gasteiger partial charge < -0.3 is 4.90 Å². The minimum Gasteiger partial charge on any atom is -0.337 e. The molecule has 1 aliphatic carbocycles. The SMILES string of the molecule is Cc1nn(CC(=O)N(C)C2CCCc3ccccc32)c(C)c1[N+](=O)[O-]. The van der Waals surface area contributed by atoms with Crippen LogP contribution in [0.15, 0.2) is 24.3 Å². The van der Waals surface area contributed by atoms with E-state index in [1.54, 1.807) is 25.8 Å². The van der Waals surface area contributed by atoms with Gasteiger partial charge in [-0.3, -0.25) is 19.6 Å². The highest BCUT2D eigenvalue weighted by Crippen LogP contribution is 2.33. The minimum atomic E-state index is -0.445. The third kappa shape index (κ3) is 3.14. The molecule has 2 aromatic rings. The smallest absolute Gasteiger partial charge is 0.312 e. The van der Waals surface area contributed by atoms with Gasteiger partial charge in [-0.05, 0) is 44.2 Å². The zero-order valence-corrected chi connectivity index (χ0v) is 14.7. The summed E-state index contributed by atoms with van der Waals surface area (Å²) < 4.78 is 1.43. The van der Waals surface area contributed by atoms with E-state index in [4.69, 9.17) is 0 Å². The van der Waals surface area contributed by atoms with Gasteiger partial charge in [0.25, 0.3) is 0 Å². The molecule has 0 fully saturated rings. The minimum absolute atomic E-state index is 0.00960. The van der Waals surface area contributed by atoms with Crippen LogP contribution in [0.25, 0.3) is 0 Å². The summed E-state index contributed by atoms with van der Waals surface area (Å²) in [7, 11) is 1.80. The Balaban J connectivity index is 1.81. The molecule has 1 heterocycles. The Kier molecular flexibility index (Phi) is 4.57. The topological polar surface area (TPSA) is 81.3 Å². The molecule has 1 aromatic heterocycles. The van der Waals surface area contributed by atoms with Crippen LogP contribution in [0, 0.1) is 24.0 Å². The predicted molar refractivity (Wildman–Crippen MR) is 93.2 cm³/mol. The molecule has 3 rings (SSSR count). The maximum Gasteiger partial charge on any atom is 0.312 e. The van der Waals surface area contributed by atoms with E-state index in [2.05, 4.69) is 17.2 Å². The third-order valence-corrected chi connectivity index (χ3v) is 5.01. The van der Waals surface area contributed by atoms with Gasteiger partial charge in [-0.1, -0.05) is 24.3 Å². The fourth-order valence-electron chi connectivity index (χ4n) is 3.65. The number of aryl methyl sites for hydroxylation is 2. The number of nitrogens with zero attached hydrogens (tertiary/aromatic N) is 4. The lowest BCUT2D eigenvalue weighted by molar-refractivity contribution is -0.386. The van der Waals surface area contributed by atoms with Crippen molar-refractivity contribution in [3.8, 4) is 0 Å². The van der Waals surface area contributed by atoms with Crippen molar-refractivity contribution in [2.24, 2.45) is 0 Å². The Bertz CT molecular complexity index is 828. The molecule has 132 valence electrons. The second-order valence-corrected chi connectivity index (χ2v) is 6.55. The lowest BCUT2D eigenvalue weighted by Gasteiger charge is -2.33. The summed E-state index contributed by atoms with van der Waals surface area (Å²) in [5, 5.41) is 15.3. The van der Waals surface area contributed by atoms with Crippen LogP contribution in [0.4, 0.5) is 5.69 Å². The predicted octanol–water partition coefficient (Wildman–Crippen LogP) is 2.94. The molecule has 0 N–H and O–H groups in total. The standard InChI is InChI=1S/C18H22N4O3/c1-12-18(22(24)25)13(2)21(19-12)11-17(23)20(3)16-10-6-8-14-7-4-5-9-15(14)16/h4-5,7,9,16H,6,8,10-11H2,1-3H3. The summed E-state index contributed by atoms with van der Waals surface area (Å²) in [6, 6.07) is 8.27. The van der Waals surface area contributed by atoms with Crippen molar-refractivity contribution < 1.29 is 9.72 Å². The molecule has 0 radical (unpaired) electrons. The highest BCUT2D eigenvalue weighted by Gasteiger charge is 2.28. The lowest BCUT2D eigenvalue weighted by atomic mass is 9.87. The molecule has 1 unspecified atom stereocenters. The lowest BCUT2D eigenvalue weighted by Crippen LogP contribution is -2.36. The van der Waals surface area contributed by atoms with E-state index >= 15 is 0 Å². The van der Waals surface area contributed by atoms with E-state index in [1.165, 1.54) is 15.8 Å². The molecular formula is C18H22N4O3.